The van der Waals surface area contributed by atoms with E-state index in [-0.39, 0.29) is 18.3 Å². The highest BCUT2D eigenvalue weighted by molar-refractivity contribution is 5.95. The Kier molecular flexibility index (Phi) is 7.36. The Morgan fingerprint density at radius 3 is 2.61 bits per heavy atom. The van der Waals surface area contributed by atoms with Gasteiger partial charge >= 0.3 is 0 Å². The molecule has 1 saturated carbocycles. The summed E-state index contributed by atoms with van der Waals surface area (Å²) in [5.41, 5.74) is 2.94. The summed E-state index contributed by atoms with van der Waals surface area (Å²) in [6, 6.07) is 14.6. The van der Waals surface area contributed by atoms with Crippen molar-refractivity contribution in [3.63, 3.8) is 0 Å². The molecule has 1 aliphatic carbocycles. The van der Waals surface area contributed by atoms with Gasteiger partial charge in [-0.1, -0.05) is 49.6 Å². The fourth-order valence-electron chi connectivity index (χ4n) is 4.60. The van der Waals surface area contributed by atoms with Crippen molar-refractivity contribution in [1.29, 1.82) is 0 Å². The van der Waals surface area contributed by atoms with E-state index in [0.717, 1.165) is 47.5 Å². The molecule has 0 aliphatic heterocycles. The minimum atomic E-state index is -0.251. The lowest BCUT2D eigenvalue weighted by atomic mass is 9.89. The average molecular weight is 422 g/mol. The van der Waals surface area contributed by atoms with E-state index in [1.807, 2.05) is 35.0 Å². The maximum Gasteiger partial charge on any atom is 0.239 e. The van der Waals surface area contributed by atoms with Crippen molar-refractivity contribution in [2.75, 3.05) is 19.6 Å². The number of fused-ring (bicyclic) bond motifs is 1. The average Bonchev–Trinajstić information content (AvgIpc) is 3.20. The van der Waals surface area contributed by atoms with E-state index in [4.69, 9.17) is 0 Å². The number of hydrogen-bond donors (Lipinski definition) is 2. The Balaban J connectivity index is 1.29. The Labute approximate surface area is 183 Å². The van der Waals surface area contributed by atoms with E-state index in [2.05, 4.69) is 10.6 Å². The normalized spacial score (nSPS) is 14.7. The minimum Gasteiger partial charge on any atom is -0.355 e. The first-order valence-electron chi connectivity index (χ1n) is 11.5. The number of aromatic nitrogens is 1. The molecule has 0 atom stereocenters. The van der Waals surface area contributed by atoms with Gasteiger partial charge in [0.1, 0.15) is 12.4 Å². The Morgan fingerprint density at radius 2 is 1.81 bits per heavy atom. The van der Waals surface area contributed by atoms with Crippen molar-refractivity contribution >= 4 is 16.8 Å². The van der Waals surface area contributed by atoms with Crippen molar-refractivity contribution in [2.45, 2.75) is 45.1 Å². The van der Waals surface area contributed by atoms with Crippen LogP contribution in [0.2, 0.25) is 0 Å². The van der Waals surface area contributed by atoms with E-state index in [1.165, 1.54) is 44.2 Å². The second-order valence-electron chi connectivity index (χ2n) is 8.61. The topological polar surface area (TPSA) is 46.1 Å². The molecule has 1 heterocycles. The molecule has 2 aromatic carbocycles. The van der Waals surface area contributed by atoms with Gasteiger partial charge in [-0.3, -0.25) is 4.79 Å². The molecule has 4 nitrogen and oxygen atoms in total. The number of carbonyl (C=O) groups excluding carboxylic acids is 1. The molecule has 0 saturated heterocycles. The smallest absolute Gasteiger partial charge is 0.239 e. The number of carbonyl (C=O) groups is 1. The molecule has 1 fully saturated rings. The van der Waals surface area contributed by atoms with Crippen LogP contribution in [0.5, 0.6) is 0 Å². The summed E-state index contributed by atoms with van der Waals surface area (Å²) >= 11 is 0. The highest BCUT2D eigenvalue weighted by atomic mass is 19.1. The number of rotatable bonds is 9. The minimum absolute atomic E-state index is 0.0127. The molecule has 0 bridgehead atoms. The van der Waals surface area contributed by atoms with Crippen molar-refractivity contribution in [1.82, 2.24) is 15.2 Å². The predicted molar refractivity (Wildman–Crippen MR) is 124 cm³/mol. The zero-order chi connectivity index (χ0) is 21.5. The van der Waals surface area contributed by atoms with Gasteiger partial charge in [0.2, 0.25) is 5.91 Å². The van der Waals surface area contributed by atoms with Crippen LogP contribution in [-0.4, -0.2) is 30.1 Å². The number of halogens is 1. The first-order chi connectivity index (χ1) is 15.2. The molecule has 31 heavy (non-hydrogen) atoms. The molecule has 0 unspecified atom stereocenters. The van der Waals surface area contributed by atoms with Crippen LogP contribution >= 0.6 is 0 Å². The zero-order valence-electron chi connectivity index (χ0n) is 18.1. The third kappa shape index (κ3) is 5.73. The molecule has 5 heteroatoms. The van der Waals surface area contributed by atoms with Crippen LogP contribution in [0, 0.1) is 11.7 Å². The van der Waals surface area contributed by atoms with E-state index in [9.17, 15) is 9.18 Å². The quantitative estimate of drug-likeness (QED) is 0.471. The van der Waals surface area contributed by atoms with E-state index >= 15 is 0 Å². The molecular formula is C26H32FN3O. The largest absolute Gasteiger partial charge is 0.355 e. The summed E-state index contributed by atoms with van der Waals surface area (Å²) in [5, 5.41) is 7.66. The molecule has 164 valence electrons. The molecule has 0 spiro atoms. The molecular weight excluding hydrogens is 389 g/mol. The molecule has 2 N–H and O–H groups in total. The molecule has 4 rings (SSSR count). The number of para-hydroxylation sites is 1. The molecule has 0 radical (unpaired) electrons. The van der Waals surface area contributed by atoms with Gasteiger partial charge in [0, 0.05) is 23.7 Å². The Bertz CT molecular complexity index is 990. The van der Waals surface area contributed by atoms with Crippen molar-refractivity contribution < 1.29 is 9.18 Å². The lowest BCUT2D eigenvalue weighted by Crippen LogP contribution is -2.31. The molecule has 1 aromatic heterocycles. The third-order valence-corrected chi connectivity index (χ3v) is 6.27. The number of nitrogens with zero attached hydrogens (tertiary/aromatic N) is 1. The van der Waals surface area contributed by atoms with Crippen LogP contribution in [0.15, 0.2) is 54.7 Å². The van der Waals surface area contributed by atoms with Gasteiger partial charge in [0.15, 0.2) is 0 Å². The lowest BCUT2D eigenvalue weighted by Gasteiger charge is -2.21. The lowest BCUT2D eigenvalue weighted by molar-refractivity contribution is -0.121. The van der Waals surface area contributed by atoms with Gasteiger partial charge in [-0.05, 0) is 62.0 Å². The van der Waals surface area contributed by atoms with Gasteiger partial charge in [0.25, 0.3) is 0 Å². The van der Waals surface area contributed by atoms with Crippen LogP contribution in [0.25, 0.3) is 22.0 Å². The summed E-state index contributed by atoms with van der Waals surface area (Å²) < 4.78 is 15.3. The maximum absolute atomic E-state index is 13.3. The van der Waals surface area contributed by atoms with Gasteiger partial charge in [-0.15, -0.1) is 0 Å². The van der Waals surface area contributed by atoms with Gasteiger partial charge in [-0.2, -0.15) is 0 Å². The summed E-state index contributed by atoms with van der Waals surface area (Å²) in [6.45, 7) is 3.01. The fraction of sp³-hybridized carbons (Fsp3) is 0.423. The maximum atomic E-state index is 13.3. The SMILES string of the molecule is O=C(Cn1ccc2cccc(-c3ccc(F)cc3)c21)NCCCNCC1CCCCC1. The van der Waals surface area contributed by atoms with Crippen LogP contribution < -0.4 is 10.6 Å². The Hall–Kier alpha value is -2.66. The Morgan fingerprint density at radius 1 is 1.00 bits per heavy atom. The van der Waals surface area contributed by atoms with Gasteiger partial charge < -0.3 is 15.2 Å². The highest BCUT2D eigenvalue weighted by Crippen LogP contribution is 2.29. The number of hydrogen-bond acceptors (Lipinski definition) is 2. The van der Waals surface area contributed by atoms with Gasteiger partial charge in [0.05, 0.1) is 5.52 Å². The second-order valence-corrected chi connectivity index (χ2v) is 8.61. The number of benzene rings is 2. The van der Waals surface area contributed by atoms with Crippen LogP contribution in [0.4, 0.5) is 4.39 Å². The van der Waals surface area contributed by atoms with E-state index < -0.39 is 0 Å². The molecule has 3 aromatic rings. The third-order valence-electron chi connectivity index (χ3n) is 6.27. The predicted octanol–water partition coefficient (Wildman–Crippen LogP) is 5.12. The first-order valence-corrected chi connectivity index (χ1v) is 11.5. The summed E-state index contributed by atoms with van der Waals surface area (Å²) in [4.78, 5) is 12.5. The standard InChI is InChI=1S/C26H32FN3O/c27-23-12-10-21(11-13-23)24-9-4-8-22-14-17-30(26(22)24)19-25(31)29-16-5-15-28-18-20-6-2-1-3-7-20/h4,8-14,17,20,28H,1-3,5-7,15-16,18-19H2,(H,29,31). The summed E-state index contributed by atoms with van der Waals surface area (Å²) in [7, 11) is 0. The number of nitrogens with one attached hydrogen (secondary N) is 2. The van der Waals surface area contributed by atoms with Crippen molar-refractivity contribution in [2.24, 2.45) is 5.92 Å². The fourth-order valence-corrected chi connectivity index (χ4v) is 4.60. The van der Waals surface area contributed by atoms with Crippen molar-refractivity contribution in [3.8, 4) is 11.1 Å². The first kappa shape index (κ1) is 21.6. The molecule has 1 aliphatic rings. The van der Waals surface area contributed by atoms with Gasteiger partial charge in [-0.25, -0.2) is 4.39 Å². The van der Waals surface area contributed by atoms with E-state index in [0.29, 0.717) is 6.54 Å². The van der Waals surface area contributed by atoms with E-state index in [1.54, 1.807) is 12.1 Å². The molecule has 1 amide bonds. The van der Waals surface area contributed by atoms with Crippen LogP contribution in [0.1, 0.15) is 38.5 Å². The summed E-state index contributed by atoms with van der Waals surface area (Å²) in [5.74, 6) is 0.596. The van der Waals surface area contributed by atoms with Crippen molar-refractivity contribution in [3.05, 3.63) is 60.5 Å². The van der Waals surface area contributed by atoms with Crippen LogP contribution in [0.3, 0.4) is 0 Å². The zero-order valence-corrected chi connectivity index (χ0v) is 18.1. The van der Waals surface area contributed by atoms with Crippen LogP contribution in [-0.2, 0) is 11.3 Å². The number of amides is 1. The summed E-state index contributed by atoms with van der Waals surface area (Å²) in [6.07, 6.45) is 9.74. The highest BCUT2D eigenvalue weighted by Gasteiger charge is 2.13. The second kappa shape index (κ2) is 10.6. The monoisotopic (exact) mass is 421 g/mol.